The van der Waals surface area contributed by atoms with Crippen molar-refractivity contribution in [3.63, 3.8) is 0 Å². The van der Waals surface area contributed by atoms with Crippen LogP contribution in [0, 0.1) is 6.92 Å². The number of rotatable bonds is 5. The first-order valence-electron chi connectivity index (χ1n) is 5.00. The van der Waals surface area contributed by atoms with Crippen LogP contribution in [0.3, 0.4) is 0 Å². The molecule has 0 aliphatic heterocycles. The zero-order chi connectivity index (χ0) is 12.1. The molecule has 0 aliphatic rings. The summed E-state index contributed by atoms with van der Waals surface area (Å²) in [5.41, 5.74) is 1.13. The van der Waals surface area contributed by atoms with Gasteiger partial charge in [-0.3, -0.25) is 0 Å². The van der Waals surface area contributed by atoms with E-state index in [-0.39, 0.29) is 0 Å². The number of carbonyl (C=O) groups excluding carboxylic acids is 1. The molecular weight excluding hydrogens is 276 g/mol. The summed E-state index contributed by atoms with van der Waals surface area (Å²) in [5.74, 6) is -0.392. The van der Waals surface area contributed by atoms with Crippen molar-refractivity contribution in [3.05, 3.63) is 16.1 Å². The van der Waals surface area contributed by atoms with E-state index in [9.17, 15) is 4.79 Å². The van der Waals surface area contributed by atoms with Gasteiger partial charge in [0.05, 0.1) is 18.9 Å². The number of aromatic nitrogens is 2. The van der Waals surface area contributed by atoms with E-state index in [2.05, 4.69) is 20.9 Å². The van der Waals surface area contributed by atoms with Crippen molar-refractivity contribution in [1.29, 1.82) is 0 Å². The molecule has 0 amide bonds. The quantitative estimate of drug-likeness (QED) is 0.776. The Balaban J connectivity index is 2.92. The monoisotopic (exact) mass is 290 g/mol. The molecule has 1 aromatic rings. The molecule has 0 aromatic carbocycles. The van der Waals surface area contributed by atoms with Crippen LogP contribution >= 0.6 is 15.9 Å². The fraction of sp³-hybridized carbons (Fsp3) is 0.600. The van der Waals surface area contributed by atoms with Gasteiger partial charge in [-0.25, -0.2) is 9.78 Å². The van der Waals surface area contributed by atoms with E-state index >= 15 is 0 Å². The zero-order valence-electron chi connectivity index (χ0n) is 9.62. The van der Waals surface area contributed by atoms with E-state index in [1.54, 1.807) is 14.0 Å². The van der Waals surface area contributed by atoms with Gasteiger partial charge in [-0.05, 0) is 29.8 Å². The van der Waals surface area contributed by atoms with Crippen molar-refractivity contribution >= 4 is 21.9 Å². The Morgan fingerprint density at radius 2 is 2.25 bits per heavy atom. The van der Waals surface area contributed by atoms with Gasteiger partial charge in [0.1, 0.15) is 0 Å². The maximum atomic E-state index is 11.6. The van der Waals surface area contributed by atoms with Crippen LogP contribution in [0.2, 0.25) is 0 Å². The Bertz CT molecular complexity index is 376. The van der Waals surface area contributed by atoms with Crippen LogP contribution in [0.1, 0.15) is 23.1 Å². The molecule has 0 spiro atoms. The number of esters is 1. The molecule has 6 heteroatoms. The third-order valence-electron chi connectivity index (χ3n) is 2.16. The fourth-order valence-electron chi connectivity index (χ4n) is 1.34. The van der Waals surface area contributed by atoms with Crippen molar-refractivity contribution < 1.29 is 14.3 Å². The van der Waals surface area contributed by atoms with Gasteiger partial charge >= 0.3 is 5.97 Å². The van der Waals surface area contributed by atoms with Crippen molar-refractivity contribution in [2.45, 2.75) is 20.4 Å². The summed E-state index contributed by atoms with van der Waals surface area (Å²) in [6, 6.07) is 0. The van der Waals surface area contributed by atoms with Gasteiger partial charge in [-0.1, -0.05) is 0 Å². The largest absolute Gasteiger partial charge is 0.461 e. The Morgan fingerprint density at radius 1 is 1.56 bits per heavy atom. The third kappa shape index (κ3) is 2.82. The van der Waals surface area contributed by atoms with Crippen LogP contribution < -0.4 is 0 Å². The van der Waals surface area contributed by atoms with Gasteiger partial charge in [0.15, 0.2) is 10.4 Å². The van der Waals surface area contributed by atoms with Crippen LogP contribution in [0.5, 0.6) is 0 Å². The number of carbonyl (C=O) groups is 1. The minimum Gasteiger partial charge on any atom is -0.461 e. The summed E-state index contributed by atoms with van der Waals surface area (Å²) in [4.78, 5) is 15.7. The SMILES string of the molecule is CCOC(=O)c1nc(Br)n(CCOC)c1C. The molecule has 1 rings (SSSR count). The lowest BCUT2D eigenvalue weighted by Gasteiger charge is -2.05. The highest BCUT2D eigenvalue weighted by Gasteiger charge is 2.18. The lowest BCUT2D eigenvalue weighted by molar-refractivity contribution is 0.0519. The second kappa shape index (κ2) is 6.00. The number of halogens is 1. The molecule has 5 nitrogen and oxygen atoms in total. The maximum Gasteiger partial charge on any atom is 0.358 e. The minimum atomic E-state index is -0.392. The molecule has 0 N–H and O–H groups in total. The molecule has 0 radical (unpaired) electrons. The maximum absolute atomic E-state index is 11.6. The van der Waals surface area contributed by atoms with Crippen molar-refractivity contribution in [2.75, 3.05) is 20.3 Å². The second-order valence-electron chi connectivity index (χ2n) is 3.18. The van der Waals surface area contributed by atoms with E-state index in [0.29, 0.717) is 30.2 Å². The summed E-state index contributed by atoms with van der Waals surface area (Å²) in [6.45, 7) is 5.16. The van der Waals surface area contributed by atoms with Crippen LogP contribution in [-0.4, -0.2) is 35.8 Å². The molecule has 16 heavy (non-hydrogen) atoms. The molecule has 90 valence electrons. The smallest absolute Gasteiger partial charge is 0.358 e. The molecule has 0 saturated heterocycles. The molecule has 0 saturated carbocycles. The van der Waals surface area contributed by atoms with Crippen LogP contribution in [0.4, 0.5) is 0 Å². The molecule has 0 atom stereocenters. The Labute approximate surface area is 103 Å². The van der Waals surface area contributed by atoms with E-state index in [1.165, 1.54) is 0 Å². The highest BCUT2D eigenvalue weighted by molar-refractivity contribution is 9.10. The Morgan fingerprint density at radius 3 is 2.81 bits per heavy atom. The number of hydrogen-bond acceptors (Lipinski definition) is 4. The van der Waals surface area contributed by atoms with E-state index < -0.39 is 5.97 Å². The van der Waals surface area contributed by atoms with Crippen LogP contribution in [0.15, 0.2) is 4.73 Å². The van der Waals surface area contributed by atoms with Gasteiger partial charge in [-0.15, -0.1) is 0 Å². The first kappa shape index (κ1) is 13.2. The van der Waals surface area contributed by atoms with Gasteiger partial charge in [0, 0.05) is 13.7 Å². The predicted octanol–water partition coefficient (Wildman–Crippen LogP) is 1.78. The normalized spacial score (nSPS) is 10.5. The fourth-order valence-corrected chi connectivity index (χ4v) is 1.96. The number of hydrogen-bond donors (Lipinski definition) is 0. The van der Waals surface area contributed by atoms with E-state index in [0.717, 1.165) is 5.69 Å². The summed E-state index contributed by atoms with van der Waals surface area (Å²) in [5, 5.41) is 0. The number of nitrogens with zero attached hydrogens (tertiary/aromatic N) is 2. The Hall–Kier alpha value is -0.880. The lowest BCUT2D eigenvalue weighted by Crippen LogP contribution is -2.10. The third-order valence-corrected chi connectivity index (χ3v) is 2.77. The molecule has 0 unspecified atom stereocenters. The minimum absolute atomic E-state index is 0.348. The summed E-state index contributed by atoms with van der Waals surface area (Å²) in [7, 11) is 1.63. The summed E-state index contributed by atoms with van der Waals surface area (Å²) in [6.07, 6.45) is 0. The van der Waals surface area contributed by atoms with Crippen molar-refractivity contribution in [1.82, 2.24) is 9.55 Å². The van der Waals surface area contributed by atoms with Gasteiger partial charge in [-0.2, -0.15) is 0 Å². The van der Waals surface area contributed by atoms with Gasteiger partial charge in [0.2, 0.25) is 0 Å². The van der Waals surface area contributed by atoms with Crippen molar-refractivity contribution in [3.8, 4) is 0 Å². The summed E-state index contributed by atoms with van der Waals surface area (Å²) < 4.78 is 12.4. The highest BCUT2D eigenvalue weighted by Crippen LogP contribution is 2.17. The molecule has 0 aliphatic carbocycles. The number of methoxy groups -OCH3 is 1. The first-order valence-corrected chi connectivity index (χ1v) is 5.79. The van der Waals surface area contributed by atoms with Gasteiger partial charge < -0.3 is 14.0 Å². The van der Waals surface area contributed by atoms with Crippen molar-refractivity contribution in [2.24, 2.45) is 0 Å². The molecular formula is C10H15BrN2O3. The molecule has 1 heterocycles. The van der Waals surface area contributed by atoms with E-state index in [1.807, 2.05) is 11.5 Å². The average molecular weight is 291 g/mol. The van der Waals surface area contributed by atoms with Crippen LogP contribution in [0.25, 0.3) is 0 Å². The number of ether oxygens (including phenoxy) is 2. The standard InChI is InChI=1S/C10H15BrN2O3/c1-4-16-9(14)8-7(2)13(5-6-15-3)10(11)12-8/h4-6H2,1-3H3. The molecule has 0 fully saturated rings. The zero-order valence-corrected chi connectivity index (χ0v) is 11.2. The predicted molar refractivity (Wildman–Crippen MR) is 62.5 cm³/mol. The molecule has 1 aromatic heterocycles. The lowest BCUT2D eigenvalue weighted by atomic mass is 10.3. The second-order valence-corrected chi connectivity index (χ2v) is 3.89. The average Bonchev–Trinajstić information content (AvgIpc) is 2.53. The van der Waals surface area contributed by atoms with Crippen LogP contribution in [-0.2, 0) is 16.0 Å². The topological polar surface area (TPSA) is 53.3 Å². The van der Waals surface area contributed by atoms with Gasteiger partial charge in [0.25, 0.3) is 0 Å². The summed E-state index contributed by atoms with van der Waals surface area (Å²) >= 11 is 3.31. The molecule has 0 bridgehead atoms. The highest BCUT2D eigenvalue weighted by atomic mass is 79.9. The number of imidazole rings is 1. The first-order chi connectivity index (χ1) is 7.61. The van der Waals surface area contributed by atoms with E-state index in [4.69, 9.17) is 9.47 Å². The Kier molecular flexibility index (Phi) is 4.95.